The van der Waals surface area contributed by atoms with E-state index in [4.69, 9.17) is 4.98 Å². The Kier molecular flexibility index (Phi) is 2.58. The van der Waals surface area contributed by atoms with Crippen molar-refractivity contribution < 1.29 is 4.39 Å². The van der Waals surface area contributed by atoms with Crippen LogP contribution in [-0.2, 0) is 0 Å². The van der Waals surface area contributed by atoms with E-state index in [1.807, 2.05) is 41.8 Å². The van der Waals surface area contributed by atoms with Gasteiger partial charge in [-0.15, -0.1) is 11.3 Å². The lowest BCUT2D eigenvalue weighted by atomic mass is 10.2. The van der Waals surface area contributed by atoms with E-state index in [0.29, 0.717) is 0 Å². The van der Waals surface area contributed by atoms with Crippen LogP contribution >= 0.6 is 11.3 Å². The monoisotopic (exact) mass is 318 g/mol. The highest BCUT2D eigenvalue weighted by molar-refractivity contribution is 7.13. The maximum absolute atomic E-state index is 13.6. The average molecular weight is 318 g/mol. The summed E-state index contributed by atoms with van der Waals surface area (Å²) in [6, 6.07) is 19.1. The van der Waals surface area contributed by atoms with Gasteiger partial charge >= 0.3 is 0 Å². The molecule has 0 saturated heterocycles. The van der Waals surface area contributed by atoms with E-state index >= 15 is 0 Å². The third kappa shape index (κ3) is 1.82. The van der Waals surface area contributed by atoms with Gasteiger partial charge in [-0.3, -0.25) is 4.40 Å². The quantitative estimate of drug-likeness (QED) is 0.398. The van der Waals surface area contributed by atoms with Crippen molar-refractivity contribution >= 4 is 38.7 Å². The van der Waals surface area contributed by atoms with Gasteiger partial charge in [0.2, 0.25) is 0 Å². The Bertz CT molecular complexity index is 1170. The minimum atomic E-state index is -0.219. The first-order chi connectivity index (χ1) is 11.3. The van der Waals surface area contributed by atoms with Gasteiger partial charge in [0.1, 0.15) is 5.82 Å². The summed E-state index contributed by atoms with van der Waals surface area (Å²) in [6.07, 6.45) is 0. The fraction of sp³-hybridized carbons (Fsp3) is 0. The van der Waals surface area contributed by atoms with Crippen LogP contribution in [-0.4, -0.2) is 9.38 Å². The van der Waals surface area contributed by atoms with Crippen molar-refractivity contribution in [2.75, 3.05) is 0 Å². The second-order valence-corrected chi connectivity index (χ2v) is 6.45. The van der Waals surface area contributed by atoms with Crippen molar-refractivity contribution in [3.63, 3.8) is 0 Å². The number of hydrogen-bond donors (Lipinski definition) is 0. The molecule has 0 N–H and O–H groups in total. The number of benzene rings is 2. The largest absolute Gasteiger partial charge is 0.293 e. The molecule has 0 aliphatic heterocycles. The van der Waals surface area contributed by atoms with E-state index in [-0.39, 0.29) is 5.82 Å². The van der Waals surface area contributed by atoms with E-state index in [1.165, 1.54) is 6.07 Å². The molecule has 5 aromatic rings. The molecular weight excluding hydrogens is 307 g/mol. The topological polar surface area (TPSA) is 17.3 Å². The predicted molar refractivity (Wildman–Crippen MR) is 93.5 cm³/mol. The van der Waals surface area contributed by atoms with Crippen molar-refractivity contribution in [1.82, 2.24) is 9.38 Å². The summed E-state index contributed by atoms with van der Waals surface area (Å²) >= 11 is 1.66. The number of hydrogen-bond acceptors (Lipinski definition) is 2. The maximum atomic E-state index is 13.6. The molecule has 110 valence electrons. The predicted octanol–water partition coefficient (Wildman–Crippen LogP) is 5.51. The standard InChI is InChI=1S/C19H11FN2S/c20-13-7-8-16-12(10-13)11-17-14-4-1-2-5-15(14)21-19(22(16)17)18-6-3-9-23-18/h1-11H. The Morgan fingerprint density at radius 1 is 0.913 bits per heavy atom. The van der Waals surface area contributed by atoms with Gasteiger partial charge < -0.3 is 0 Å². The van der Waals surface area contributed by atoms with Crippen LogP contribution in [0.5, 0.6) is 0 Å². The van der Waals surface area contributed by atoms with Crippen LogP contribution in [0.4, 0.5) is 4.39 Å². The fourth-order valence-corrected chi connectivity index (χ4v) is 3.84. The first kappa shape index (κ1) is 12.8. The van der Waals surface area contributed by atoms with E-state index in [2.05, 4.69) is 16.5 Å². The molecule has 0 amide bonds. The van der Waals surface area contributed by atoms with Gasteiger partial charge in [0.05, 0.1) is 21.4 Å². The smallest absolute Gasteiger partial charge is 0.155 e. The summed E-state index contributed by atoms with van der Waals surface area (Å²) < 4.78 is 15.8. The summed E-state index contributed by atoms with van der Waals surface area (Å²) in [4.78, 5) is 5.97. The molecular formula is C19H11FN2S. The van der Waals surface area contributed by atoms with Crippen molar-refractivity contribution in [3.05, 3.63) is 71.9 Å². The van der Waals surface area contributed by atoms with Crippen LogP contribution in [0.15, 0.2) is 66.0 Å². The SMILES string of the molecule is Fc1ccc2c(c1)cc1c3ccccc3nc(-c3cccs3)n21. The molecule has 2 aromatic carbocycles. The van der Waals surface area contributed by atoms with Gasteiger partial charge in [0, 0.05) is 10.8 Å². The molecule has 0 unspecified atom stereocenters. The van der Waals surface area contributed by atoms with Crippen LogP contribution in [0.3, 0.4) is 0 Å². The Hall–Kier alpha value is -2.72. The lowest BCUT2D eigenvalue weighted by Gasteiger charge is -2.08. The molecule has 5 rings (SSSR count). The zero-order valence-corrected chi connectivity index (χ0v) is 12.8. The Morgan fingerprint density at radius 2 is 1.83 bits per heavy atom. The van der Waals surface area contributed by atoms with Gasteiger partial charge in [-0.2, -0.15) is 0 Å². The Balaban J connectivity index is 2.07. The molecule has 0 aliphatic carbocycles. The maximum Gasteiger partial charge on any atom is 0.155 e. The number of fused-ring (bicyclic) bond motifs is 5. The van der Waals surface area contributed by atoms with Crippen LogP contribution in [0, 0.1) is 5.82 Å². The number of halogens is 1. The van der Waals surface area contributed by atoms with Crippen LogP contribution < -0.4 is 0 Å². The first-order valence-electron chi connectivity index (χ1n) is 7.34. The zero-order chi connectivity index (χ0) is 15.4. The Morgan fingerprint density at radius 3 is 2.70 bits per heavy atom. The van der Waals surface area contributed by atoms with Gasteiger partial charge in [-0.1, -0.05) is 24.3 Å². The van der Waals surface area contributed by atoms with E-state index in [9.17, 15) is 4.39 Å². The molecule has 3 heterocycles. The van der Waals surface area contributed by atoms with Gasteiger partial charge in [0.25, 0.3) is 0 Å². The highest BCUT2D eigenvalue weighted by Crippen LogP contribution is 2.33. The second kappa shape index (κ2) is 4.64. The highest BCUT2D eigenvalue weighted by atomic mass is 32.1. The fourth-order valence-electron chi connectivity index (χ4n) is 3.14. The second-order valence-electron chi connectivity index (χ2n) is 5.50. The number of nitrogens with zero attached hydrogens (tertiary/aromatic N) is 2. The minimum Gasteiger partial charge on any atom is -0.293 e. The van der Waals surface area contributed by atoms with E-state index in [0.717, 1.165) is 38.0 Å². The first-order valence-corrected chi connectivity index (χ1v) is 8.22. The van der Waals surface area contributed by atoms with Crippen LogP contribution in [0.1, 0.15) is 0 Å². The summed E-state index contributed by atoms with van der Waals surface area (Å²) in [5.74, 6) is 0.679. The van der Waals surface area contributed by atoms with Gasteiger partial charge in [-0.25, -0.2) is 9.37 Å². The molecule has 3 aromatic heterocycles. The summed E-state index contributed by atoms with van der Waals surface area (Å²) in [5, 5.41) is 4.01. The minimum absolute atomic E-state index is 0.219. The lowest BCUT2D eigenvalue weighted by molar-refractivity contribution is 0.629. The highest BCUT2D eigenvalue weighted by Gasteiger charge is 2.14. The van der Waals surface area contributed by atoms with Gasteiger partial charge in [-0.05, 0) is 41.8 Å². The van der Waals surface area contributed by atoms with Crippen molar-refractivity contribution in [1.29, 1.82) is 0 Å². The summed E-state index contributed by atoms with van der Waals surface area (Å²) in [5.41, 5.74) is 2.98. The normalized spacial score (nSPS) is 11.7. The average Bonchev–Trinajstić information content (AvgIpc) is 3.21. The van der Waals surface area contributed by atoms with Crippen LogP contribution in [0.25, 0.3) is 38.0 Å². The molecule has 0 radical (unpaired) electrons. The molecule has 23 heavy (non-hydrogen) atoms. The lowest BCUT2D eigenvalue weighted by Crippen LogP contribution is -1.96. The number of aromatic nitrogens is 2. The summed E-state index contributed by atoms with van der Waals surface area (Å²) in [6.45, 7) is 0. The van der Waals surface area contributed by atoms with Crippen molar-refractivity contribution in [2.45, 2.75) is 0 Å². The number of thiophene rings is 1. The molecule has 0 atom stereocenters. The third-order valence-electron chi connectivity index (χ3n) is 4.12. The molecule has 0 spiro atoms. The Labute approximate surface area is 135 Å². The zero-order valence-electron chi connectivity index (χ0n) is 12.0. The molecule has 0 fully saturated rings. The molecule has 0 aliphatic rings. The third-order valence-corrected chi connectivity index (χ3v) is 4.99. The molecule has 0 saturated carbocycles. The van der Waals surface area contributed by atoms with Crippen molar-refractivity contribution in [3.8, 4) is 10.7 Å². The van der Waals surface area contributed by atoms with Gasteiger partial charge in [0.15, 0.2) is 5.82 Å². The number of rotatable bonds is 1. The molecule has 2 nitrogen and oxygen atoms in total. The van der Waals surface area contributed by atoms with E-state index in [1.54, 1.807) is 17.4 Å². The molecule has 0 bridgehead atoms. The van der Waals surface area contributed by atoms with Crippen LogP contribution in [0.2, 0.25) is 0 Å². The van der Waals surface area contributed by atoms with Crippen molar-refractivity contribution in [2.24, 2.45) is 0 Å². The number of para-hydroxylation sites is 1. The molecule has 4 heteroatoms. The summed E-state index contributed by atoms with van der Waals surface area (Å²) in [7, 11) is 0. The van der Waals surface area contributed by atoms with E-state index < -0.39 is 0 Å².